The molecule has 2 aromatic heterocycles. The standard InChI is InChI=1S/C9H12N4O2/c1-6-8(14-5-11-6)9-12-7(13-15-9)3-2-4-10/h5H,2-4,10H2,1H3. The van der Waals surface area contributed by atoms with Gasteiger partial charge in [0.25, 0.3) is 5.89 Å². The Kier molecular flexibility index (Phi) is 2.77. The third kappa shape index (κ3) is 2.04. The molecule has 0 amide bonds. The summed E-state index contributed by atoms with van der Waals surface area (Å²) >= 11 is 0. The van der Waals surface area contributed by atoms with Crippen molar-refractivity contribution in [1.29, 1.82) is 0 Å². The topological polar surface area (TPSA) is 91.0 Å². The molecule has 0 aliphatic carbocycles. The summed E-state index contributed by atoms with van der Waals surface area (Å²) in [6.45, 7) is 2.44. The lowest BCUT2D eigenvalue weighted by molar-refractivity contribution is 0.408. The minimum Gasteiger partial charge on any atom is -0.438 e. The molecule has 0 aliphatic heterocycles. The van der Waals surface area contributed by atoms with Crippen molar-refractivity contribution < 1.29 is 8.94 Å². The lowest BCUT2D eigenvalue weighted by Gasteiger charge is -1.88. The summed E-state index contributed by atoms with van der Waals surface area (Å²) in [5, 5.41) is 3.82. The molecule has 6 nitrogen and oxygen atoms in total. The number of nitrogens with two attached hydrogens (primary N) is 1. The number of aryl methyl sites for hydroxylation is 2. The van der Waals surface area contributed by atoms with E-state index >= 15 is 0 Å². The Labute approximate surface area is 86.5 Å². The molecule has 6 heteroatoms. The first kappa shape index (κ1) is 9.85. The average molecular weight is 208 g/mol. The van der Waals surface area contributed by atoms with Crippen molar-refractivity contribution in [2.24, 2.45) is 5.73 Å². The van der Waals surface area contributed by atoms with Crippen molar-refractivity contribution in [1.82, 2.24) is 15.1 Å². The van der Waals surface area contributed by atoms with E-state index in [0.29, 0.717) is 30.4 Å². The van der Waals surface area contributed by atoms with Crippen LogP contribution in [0.15, 0.2) is 15.3 Å². The van der Waals surface area contributed by atoms with Crippen molar-refractivity contribution in [3.05, 3.63) is 17.9 Å². The molecule has 0 atom stereocenters. The molecule has 0 spiro atoms. The highest BCUT2D eigenvalue weighted by Crippen LogP contribution is 2.20. The second-order valence-corrected chi connectivity index (χ2v) is 3.17. The Balaban J connectivity index is 2.17. The molecule has 0 fully saturated rings. The van der Waals surface area contributed by atoms with Gasteiger partial charge in [-0.25, -0.2) is 4.98 Å². The number of hydrogen-bond donors (Lipinski definition) is 1. The average Bonchev–Trinajstić information content (AvgIpc) is 2.83. The number of aromatic nitrogens is 3. The maximum absolute atomic E-state index is 5.39. The minimum absolute atomic E-state index is 0.372. The van der Waals surface area contributed by atoms with Gasteiger partial charge in [0.1, 0.15) is 0 Å². The van der Waals surface area contributed by atoms with Crippen LogP contribution in [-0.4, -0.2) is 21.7 Å². The molecule has 80 valence electrons. The molecule has 0 aromatic carbocycles. The van der Waals surface area contributed by atoms with Gasteiger partial charge < -0.3 is 14.7 Å². The van der Waals surface area contributed by atoms with Gasteiger partial charge in [-0.15, -0.1) is 0 Å². The van der Waals surface area contributed by atoms with Crippen LogP contribution >= 0.6 is 0 Å². The first-order valence-corrected chi connectivity index (χ1v) is 4.74. The number of nitrogens with zero attached hydrogens (tertiary/aromatic N) is 3. The van der Waals surface area contributed by atoms with E-state index in [0.717, 1.165) is 12.1 Å². The molecule has 0 bridgehead atoms. The Morgan fingerprint density at radius 3 is 3.00 bits per heavy atom. The van der Waals surface area contributed by atoms with Crippen LogP contribution in [0.4, 0.5) is 0 Å². The third-order valence-electron chi connectivity index (χ3n) is 2.01. The monoisotopic (exact) mass is 208 g/mol. The van der Waals surface area contributed by atoms with Crippen molar-refractivity contribution in [3.63, 3.8) is 0 Å². The van der Waals surface area contributed by atoms with E-state index in [1.54, 1.807) is 0 Å². The largest absolute Gasteiger partial charge is 0.438 e. The highest BCUT2D eigenvalue weighted by atomic mass is 16.5. The van der Waals surface area contributed by atoms with Crippen LogP contribution in [0.2, 0.25) is 0 Å². The first-order chi connectivity index (χ1) is 7.31. The number of rotatable bonds is 4. The highest BCUT2D eigenvalue weighted by Gasteiger charge is 2.14. The Bertz CT molecular complexity index is 435. The van der Waals surface area contributed by atoms with Gasteiger partial charge in [-0.1, -0.05) is 5.16 Å². The fraction of sp³-hybridized carbons (Fsp3) is 0.444. The lowest BCUT2D eigenvalue weighted by atomic mass is 10.3. The predicted molar refractivity (Wildman–Crippen MR) is 51.9 cm³/mol. The summed E-state index contributed by atoms with van der Waals surface area (Å²) in [6, 6.07) is 0. The molecule has 2 N–H and O–H groups in total. The lowest BCUT2D eigenvalue weighted by Crippen LogP contribution is -2.01. The maximum Gasteiger partial charge on any atom is 0.295 e. The van der Waals surface area contributed by atoms with Gasteiger partial charge in [-0.3, -0.25) is 0 Å². The van der Waals surface area contributed by atoms with E-state index in [1.807, 2.05) is 6.92 Å². The summed E-state index contributed by atoms with van der Waals surface area (Å²) in [5.41, 5.74) is 6.13. The summed E-state index contributed by atoms with van der Waals surface area (Å²) in [5.74, 6) is 1.55. The Hall–Kier alpha value is -1.69. The van der Waals surface area contributed by atoms with Crippen molar-refractivity contribution in [3.8, 4) is 11.7 Å². The van der Waals surface area contributed by atoms with Gasteiger partial charge in [0.15, 0.2) is 12.2 Å². The zero-order chi connectivity index (χ0) is 10.7. The second-order valence-electron chi connectivity index (χ2n) is 3.17. The summed E-state index contributed by atoms with van der Waals surface area (Å²) < 4.78 is 10.2. The predicted octanol–water partition coefficient (Wildman–Crippen LogP) is 0.924. The molecule has 2 heterocycles. The van der Waals surface area contributed by atoms with Crippen LogP contribution in [0.3, 0.4) is 0 Å². The molecule has 0 unspecified atom stereocenters. The van der Waals surface area contributed by atoms with Crippen LogP contribution in [0.25, 0.3) is 11.7 Å². The van der Waals surface area contributed by atoms with Gasteiger partial charge in [0, 0.05) is 6.42 Å². The van der Waals surface area contributed by atoms with Crippen LogP contribution in [-0.2, 0) is 6.42 Å². The molecule has 2 aromatic rings. The quantitative estimate of drug-likeness (QED) is 0.803. The van der Waals surface area contributed by atoms with Gasteiger partial charge in [0.2, 0.25) is 5.76 Å². The number of hydrogen-bond acceptors (Lipinski definition) is 6. The molecule has 2 rings (SSSR count). The van der Waals surface area contributed by atoms with E-state index in [9.17, 15) is 0 Å². The fourth-order valence-corrected chi connectivity index (χ4v) is 1.22. The van der Waals surface area contributed by atoms with Crippen molar-refractivity contribution in [2.45, 2.75) is 19.8 Å². The zero-order valence-electron chi connectivity index (χ0n) is 8.43. The molecular formula is C9H12N4O2. The number of oxazole rings is 1. The van der Waals surface area contributed by atoms with E-state index in [4.69, 9.17) is 14.7 Å². The normalized spacial score (nSPS) is 10.8. The maximum atomic E-state index is 5.39. The Morgan fingerprint density at radius 2 is 2.33 bits per heavy atom. The van der Waals surface area contributed by atoms with Crippen LogP contribution < -0.4 is 5.73 Å². The fourth-order valence-electron chi connectivity index (χ4n) is 1.22. The van der Waals surface area contributed by atoms with Crippen LogP contribution in [0.5, 0.6) is 0 Å². The third-order valence-corrected chi connectivity index (χ3v) is 2.01. The molecule has 15 heavy (non-hydrogen) atoms. The second kappa shape index (κ2) is 4.22. The Morgan fingerprint density at radius 1 is 1.47 bits per heavy atom. The molecule has 0 aliphatic rings. The van der Waals surface area contributed by atoms with Crippen LogP contribution in [0.1, 0.15) is 17.9 Å². The zero-order valence-corrected chi connectivity index (χ0v) is 8.43. The van der Waals surface area contributed by atoms with E-state index in [-0.39, 0.29) is 0 Å². The summed E-state index contributed by atoms with van der Waals surface area (Å²) in [4.78, 5) is 8.13. The van der Waals surface area contributed by atoms with E-state index in [2.05, 4.69) is 15.1 Å². The van der Waals surface area contributed by atoms with E-state index < -0.39 is 0 Å². The summed E-state index contributed by atoms with van der Waals surface area (Å²) in [7, 11) is 0. The van der Waals surface area contributed by atoms with Gasteiger partial charge in [-0.2, -0.15) is 4.98 Å². The molecular weight excluding hydrogens is 196 g/mol. The van der Waals surface area contributed by atoms with Crippen molar-refractivity contribution in [2.75, 3.05) is 6.54 Å². The minimum atomic E-state index is 0.372. The molecule has 0 saturated carbocycles. The van der Waals surface area contributed by atoms with Gasteiger partial charge in [-0.05, 0) is 19.9 Å². The SMILES string of the molecule is Cc1ncoc1-c1nc(CCCN)no1. The van der Waals surface area contributed by atoms with Crippen LogP contribution in [0, 0.1) is 6.92 Å². The van der Waals surface area contributed by atoms with E-state index in [1.165, 1.54) is 6.39 Å². The van der Waals surface area contributed by atoms with Gasteiger partial charge in [0.05, 0.1) is 5.69 Å². The molecule has 0 radical (unpaired) electrons. The smallest absolute Gasteiger partial charge is 0.295 e. The highest BCUT2D eigenvalue weighted by molar-refractivity contribution is 5.46. The summed E-state index contributed by atoms with van der Waals surface area (Å²) in [6.07, 6.45) is 2.91. The van der Waals surface area contributed by atoms with Crippen molar-refractivity contribution >= 4 is 0 Å². The molecule has 0 saturated heterocycles. The van der Waals surface area contributed by atoms with Gasteiger partial charge >= 0.3 is 0 Å². The first-order valence-electron chi connectivity index (χ1n) is 4.74.